The molecule has 0 aliphatic heterocycles. The maximum absolute atomic E-state index is 10.9. The van der Waals surface area contributed by atoms with Gasteiger partial charge in [-0.2, -0.15) is 0 Å². The van der Waals surface area contributed by atoms with E-state index in [9.17, 15) is 10.1 Å². The largest absolute Gasteiger partial charge is 0.310 e. The van der Waals surface area contributed by atoms with Gasteiger partial charge in [-0.25, -0.2) is 0 Å². The summed E-state index contributed by atoms with van der Waals surface area (Å²) in [5.41, 5.74) is 2.04. The van der Waals surface area contributed by atoms with Crippen LogP contribution in [0.3, 0.4) is 0 Å². The molecule has 4 nitrogen and oxygen atoms in total. The summed E-state index contributed by atoms with van der Waals surface area (Å²) in [6, 6.07) is 5.89. The van der Waals surface area contributed by atoms with Gasteiger partial charge in [-0.05, 0) is 25.3 Å². The van der Waals surface area contributed by atoms with Crippen molar-refractivity contribution in [1.29, 1.82) is 0 Å². The Morgan fingerprint density at radius 1 is 1.33 bits per heavy atom. The van der Waals surface area contributed by atoms with E-state index in [0.717, 1.165) is 17.7 Å². The second-order valence-electron chi connectivity index (χ2n) is 5.03. The molecule has 0 aromatic heterocycles. The summed E-state index contributed by atoms with van der Waals surface area (Å²) in [5.74, 6) is 0. The van der Waals surface area contributed by atoms with E-state index < -0.39 is 0 Å². The zero-order valence-electron chi connectivity index (χ0n) is 10.8. The SMILES string of the molecule is Cc1c(CNC2CCCCC2)cccc1[N+](=O)[O-]. The summed E-state index contributed by atoms with van der Waals surface area (Å²) in [5, 5.41) is 14.4. The van der Waals surface area contributed by atoms with E-state index in [1.54, 1.807) is 12.1 Å². The van der Waals surface area contributed by atoms with Crippen LogP contribution in [0.15, 0.2) is 18.2 Å². The molecule has 0 amide bonds. The van der Waals surface area contributed by atoms with Crippen molar-refractivity contribution in [3.8, 4) is 0 Å². The van der Waals surface area contributed by atoms with E-state index >= 15 is 0 Å². The van der Waals surface area contributed by atoms with Gasteiger partial charge in [-0.1, -0.05) is 31.4 Å². The molecule has 1 N–H and O–H groups in total. The van der Waals surface area contributed by atoms with Crippen LogP contribution in [0.5, 0.6) is 0 Å². The van der Waals surface area contributed by atoms with Gasteiger partial charge in [0.1, 0.15) is 0 Å². The monoisotopic (exact) mass is 248 g/mol. The van der Waals surface area contributed by atoms with Crippen LogP contribution < -0.4 is 5.32 Å². The number of hydrogen-bond acceptors (Lipinski definition) is 3. The molecule has 0 heterocycles. The average molecular weight is 248 g/mol. The Balaban J connectivity index is 2.00. The summed E-state index contributed by atoms with van der Waals surface area (Å²) < 4.78 is 0. The average Bonchev–Trinajstić information content (AvgIpc) is 2.38. The summed E-state index contributed by atoms with van der Waals surface area (Å²) in [7, 11) is 0. The van der Waals surface area contributed by atoms with E-state index in [4.69, 9.17) is 0 Å². The van der Waals surface area contributed by atoms with Crippen LogP contribution in [-0.2, 0) is 6.54 Å². The normalized spacial score (nSPS) is 16.7. The topological polar surface area (TPSA) is 55.2 Å². The van der Waals surface area contributed by atoms with E-state index in [0.29, 0.717) is 6.04 Å². The lowest BCUT2D eigenvalue weighted by Crippen LogP contribution is -2.30. The number of nitro benzene ring substituents is 1. The summed E-state index contributed by atoms with van der Waals surface area (Å²) in [6.45, 7) is 2.56. The lowest BCUT2D eigenvalue weighted by molar-refractivity contribution is -0.385. The molecule has 1 saturated carbocycles. The van der Waals surface area contributed by atoms with Crippen LogP contribution in [0.4, 0.5) is 5.69 Å². The van der Waals surface area contributed by atoms with Crippen LogP contribution >= 0.6 is 0 Å². The van der Waals surface area contributed by atoms with E-state index in [1.807, 2.05) is 13.0 Å². The molecule has 98 valence electrons. The molecule has 1 aliphatic rings. The summed E-state index contributed by atoms with van der Waals surface area (Å²) in [6.07, 6.45) is 6.40. The van der Waals surface area contributed by atoms with Gasteiger partial charge in [0.25, 0.3) is 5.69 Å². The van der Waals surface area contributed by atoms with Crippen molar-refractivity contribution in [2.24, 2.45) is 0 Å². The Hall–Kier alpha value is -1.42. The van der Waals surface area contributed by atoms with Gasteiger partial charge in [-0.3, -0.25) is 10.1 Å². The van der Waals surface area contributed by atoms with Crippen LogP contribution in [0, 0.1) is 17.0 Å². The molecule has 4 heteroatoms. The minimum atomic E-state index is -0.306. The second-order valence-corrected chi connectivity index (χ2v) is 5.03. The van der Waals surface area contributed by atoms with E-state index in [-0.39, 0.29) is 10.6 Å². The Morgan fingerprint density at radius 3 is 2.72 bits per heavy atom. The molecule has 1 aliphatic carbocycles. The zero-order chi connectivity index (χ0) is 13.0. The highest BCUT2D eigenvalue weighted by Gasteiger charge is 2.15. The number of nitro groups is 1. The van der Waals surface area contributed by atoms with Gasteiger partial charge in [0.15, 0.2) is 0 Å². The van der Waals surface area contributed by atoms with Crippen LogP contribution in [0.1, 0.15) is 43.2 Å². The predicted molar refractivity (Wildman–Crippen MR) is 71.5 cm³/mol. The molecule has 1 fully saturated rings. The lowest BCUT2D eigenvalue weighted by Gasteiger charge is -2.23. The van der Waals surface area contributed by atoms with Crippen LogP contribution in [0.25, 0.3) is 0 Å². The van der Waals surface area contributed by atoms with Crippen molar-refractivity contribution in [3.63, 3.8) is 0 Å². The smallest absolute Gasteiger partial charge is 0.272 e. The minimum absolute atomic E-state index is 0.220. The van der Waals surface area contributed by atoms with E-state index in [1.165, 1.54) is 32.1 Å². The van der Waals surface area contributed by atoms with Gasteiger partial charge in [0, 0.05) is 24.2 Å². The van der Waals surface area contributed by atoms with Gasteiger partial charge >= 0.3 is 0 Å². The number of rotatable bonds is 4. The van der Waals surface area contributed by atoms with Gasteiger partial charge in [-0.15, -0.1) is 0 Å². The molecule has 1 aromatic carbocycles. The molecule has 2 rings (SSSR count). The highest BCUT2D eigenvalue weighted by Crippen LogP contribution is 2.22. The number of benzene rings is 1. The Morgan fingerprint density at radius 2 is 2.06 bits per heavy atom. The van der Waals surface area contributed by atoms with Gasteiger partial charge in [0.05, 0.1) is 4.92 Å². The maximum Gasteiger partial charge on any atom is 0.272 e. The van der Waals surface area contributed by atoms with Crippen LogP contribution in [0.2, 0.25) is 0 Å². The number of nitrogens with zero attached hydrogens (tertiary/aromatic N) is 1. The molecule has 0 saturated heterocycles. The standard InChI is InChI=1S/C14H20N2O2/c1-11-12(6-5-9-14(11)16(17)18)10-15-13-7-3-2-4-8-13/h5-6,9,13,15H,2-4,7-8,10H2,1H3. The second kappa shape index (κ2) is 5.96. The number of hydrogen-bond donors (Lipinski definition) is 1. The first kappa shape index (κ1) is 13.0. The molecule has 0 radical (unpaired) electrons. The molecular formula is C14H20N2O2. The zero-order valence-corrected chi connectivity index (χ0v) is 10.8. The van der Waals surface area contributed by atoms with Crippen molar-refractivity contribution < 1.29 is 4.92 Å². The Kier molecular flexibility index (Phi) is 4.31. The fraction of sp³-hybridized carbons (Fsp3) is 0.571. The molecular weight excluding hydrogens is 228 g/mol. The molecule has 18 heavy (non-hydrogen) atoms. The first-order chi connectivity index (χ1) is 8.68. The molecule has 0 atom stereocenters. The summed E-state index contributed by atoms with van der Waals surface area (Å²) >= 11 is 0. The number of nitrogens with one attached hydrogen (secondary N) is 1. The third kappa shape index (κ3) is 3.07. The molecule has 0 unspecified atom stereocenters. The van der Waals surface area contributed by atoms with Gasteiger partial charge < -0.3 is 5.32 Å². The Labute approximate surface area is 108 Å². The van der Waals surface area contributed by atoms with Crippen molar-refractivity contribution >= 4 is 5.69 Å². The molecule has 0 spiro atoms. The minimum Gasteiger partial charge on any atom is -0.310 e. The molecule has 1 aromatic rings. The van der Waals surface area contributed by atoms with Crippen molar-refractivity contribution in [2.45, 2.75) is 51.6 Å². The molecule has 0 bridgehead atoms. The Bertz CT molecular complexity index is 426. The predicted octanol–water partition coefficient (Wildman–Crippen LogP) is 3.33. The quantitative estimate of drug-likeness (QED) is 0.657. The van der Waals surface area contributed by atoms with Crippen molar-refractivity contribution in [1.82, 2.24) is 5.32 Å². The fourth-order valence-corrected chi connectivity index (χ4v) is 2.62. The van der Waals surface area contributed by atoms with E-state index in [2.05, 4.69) is 5.32 Å². The highest BCUT2D eigenvalue weighted by molar-refractivity contribution is 5.44. The van der Waals surface area contributed by atoms with Gasteiger partial charge in [0.2, 0.25) is 0 Å². The third-order valence-corrected chi connectivity index (χ3v) is 3.80. The fourth-order valence-electron chi connectivity index (χ4n) is 2.62. The summed E-state index contributed by atoms with van der Waals surface area (Å²) in [4.78, 5) is 10.6. The first-order valence-electron chi connectivity index (χ1n) is 6.65. The third-order valence-electron chi connectivity index (χ3n) is 3.80. The lowest BCUT2D eigenvalue weighted by atomic mass is 9.95. The van der Waals surface area contributed by atoms with Crippen molar-refractivity contribution in [2.75, 3.05) is 0 Å². The first-order valence-corrected chi connectivity index (χ1v) is 6.65. The van der Waals surface area contributed by atoms with Crippen LogP contribution in [-0.4, -0.2) is 11.0 Å². The van der Waals surface area contributed by atoms with Crippen molar-refractivity contribution in [3.05, 3.63) is 39.4 Å². The highest BCUT2D eigenvalue weighted by atomic mass is 16.6. The maximum atomic E-state index is 10.9.